The number of benzodiazepines with no additional fused rings is 1. The van der Waals surface area contributed by atoms with E-state index in [2.05, 4.69) is 11.1 Å². The molecule has 4 rings (SSSR count). The van der Waals surface area contributed by atoms with Gasteiger partial charge in [0.05, 0.1) is 37.3 Å². The molecule has 32 heavy (non-hydrogen) atoms. The third kappa shape index (κ3) is 4.19. The van der Waals surface area contributed by atoms with Gasteiger partial charge in [0.25, 0.3) is 0 Å². The molecule has 0 aliphatic carbocycles. The van der Waals surface area contributed by atoms with Crippen LogP contribution in [0.1, 0.15) is 22.3 Å². The molecule has 0 aromatic heterocycles. The summed E-state index contributed by atoms with van der Waals surface area (Å²) in [5, 5.41) is 9.34. The van der Waals surface area contributed by atoms with Gasteiger partial charge in [0.1, 0.15) is 6.54 Å². The van der Waals surface area contributed by atoms with Crippen molar-refractivity contribution in [2.45, 2.75) is 6.42 Å². The monoisotopic (exact) mass is 425 g/mol. The average Bonchev–Trinajstić information content (AvgIpc) is 2.98. The highest BCUT2D eigenvalue weighted by Gasteiger charge is 2.27. The molecule has 0 fully saturated rings. The summed E-state index contributed by atoms with van der Waals surface area (Å²) in [4.78, 5) is 19.6. The number of nitriles is 1. The van der Waals surface area contributed by atoms with Crippen LogP contribution in [0.5, 0.6) is 11.5 Å². The zero-order chi connectivity index (χ0) is 22.5. The van der Waals surface area contributed by atoms with E-state index in [1.807, 2.05) is 54.6 Å². The highest BCUT2D eigenvalue weighted by atomic mass is 16.5. The highest BCUT2D eigenvalue weighted by Crippen LogP contribution is 2.38. The van der Waals surface area contributed by atoms with Crippen LogP contribution in [0.4, 0.5) is 5.69 Å². The van der Waals surface area contributed by atoms with Crippen molar-refractivity contribution < 1.29 is 14.3 Å². The standard InChI is InChI=1S/C26H23N3O3/c1-31-23-14-21-22(15-24(23)32-2)29(12-11-18-7-4-3-5-8-18)25(30)17-28-26(21)20-10-6-9-19(13-20)16-27/h3-10,13-15H,11-12,17H2,1-2H3. The SMILES string of the molecule is COc1cc2c(cc1OC)N(CCc1ccccc1)C(=O)CN=C2c1cccc(C#N)c1. The first kappa shape index (κ1) is 21.1. The molecule has 3 aromatic carbocycles. The second-order valence-electron chi connectivity index (χ2n) is 7.36. The molecule has 0 atom stereocenters. The molecule has 6 nitrogen and oxygen atoms in total. The van der Waals surface area contributed by atoms with E-state index in [-0.39, 0.29) is 12.5 Å². The van der Waals surface area contributed by atoms with Crippen LogP contribution < -0.4 is 14.4 Å². The maximum absolute atomic E-state index is 13.1. The maximum atomic E-state index is 13.1. The van der Waals surface area contributed by atoms with Crippen molar-refractivity contribution in [3.05, 3.63) is 89.0 Å². The van der Waals surface area contributed by atoms with Crippen molar-refractivity contribution >= 4 is 17.3 Å². The number of hydrogen-bond donors (Lipinski definition) is 0. The molecule has 0 bridgehead atoms. The van der Waals surface area contributed by atoms with Gasteiger partial charge in [0.15, 0.2) is 11.5 Å². The summed E-state index contributed by atoms with van der Waals surface area (Å²) in [6.07, 6.45) is 0.708. The number of carbonyl (C=O) groups is 1. The molecule has 1 aliphatic heterocycles. The molecule has 0 unspecified atom stereocenters. The Kier molecular flexibility index (Phi) is 6.18. The van der Waals surface area contributed by atoms with E-state index in [1.165, 1.54) is 0 Å². The van der Waals surface area contributed by atoms with Gasteiger partial charge in [-0.15, -0.1) is 0 Å². The van der Waals surface area contributed by atoms with Gasteiger partial charge in [-0.25, -0.2) is 0 Å². The van der Waals surface area contributed by atoms with Crippen LogP contribution in [0.3, 0.4) is 0 Å². The molecule has 0 spiro atoms. The second kappa shape index (κ2) is 9.36. The van der Waals surface area contributed by atoms with Gasteiger partial charge >= 0.3 is 0 Å². The number of carbonyl (C=O) groups excluding carboxylic acids is 1. The van der Waals surface area contributed by atoms with Crippen LogP contribution in [-0.4, -0.2) is 38.9 Å². The normalized spacial score (nSPS) is 13.0. The Morgan fingerprint density at radius 1 is 1.00 bits per heavy atom. The molecule has 0 saturated carbocycles. The average molecular weight is 425 g/mol. The lowest BCUT2D eigenvalue weighted by Crippen LogP contribution is -2.34. The lowest BCUT2D eigenvalue weighted by atomic mass is 9.98. The van der Waals surface area contributed by atoms with E-state index in [1.54, 1.807) is 31.3 Å². The van der Waals surface area contributed by atoms with E-state index in [0.29, 0.717) is 41.4 Å². The smallest absolute Gasteiger partial charge is 0.248 e. The van der Waals surface area contributed by atoms with Gasteiger partial charge < -0.3 is 14.4 Å². The Morgan fingerprint density at radius 2 is 1.75 bits per heavy atom. The quantitative estimate of drug-likeness (QED) is 0.598. The number of anilines is 1. The highest BCUT2D eigenvalue weighted by molar-refractivity contribution is 6.20. The summed E-state index contributed by atoms with van der Waals surface area (Å²) in [5.74, 6) is 0.990. The van der Waals surface area contributed by atoms with Crippen LogP contribution in [0.2, 0.25) is 0 Å². The number of rotatable bonds is 6. The molecule has 1 aliphatic rings. The first-order valence-electron chi connectivity index (χ1n) is 10.3. The van der Waals surface area contributed by atoms with Gasteiger partial charge in [-0.3, -0.25) is 9.79 Å². The van der Waals surface area contributed by atoms with Crippen molar-refractivity contribution in [3.8, 4) is 17.6 Å². The predicted molar refractivity (Wildman–Crippen MR) is 124 cm³/mol. The zero-order valence-corrected chi connectivity index (χ0v) is 18.0. The first-order valence-corrected chi connectivity index (χ1v) is 10.3. The van der Waals surface area contributed by atoms with Crippen molar-refractivity contribution in [2.24, 2.45) is 4.99 Å². The zero-order valence-electron chi connectivity index (χ0n) is 18.0. The van der Waals surface area contributed by atoms with Gasteiger partial charge in [-0.2, -0.15) is 5.26 Å². The Bertz CT molecular complexity index is 1210. The number of aliphatic imine (C=N–C) groups is 1. The maximum Gasteiger partial charge on any atom is 0.248 e. The van der Waals surface area contributed by atoms with Gasteiger partial charge in [-0.1, -0.05) is 42.5 Å². The molecule has 0 saturated heterocycles. The predicted octanol–water partition coefficient (Wildman–Crippen LogP) is 4.00. The largest absolute Gasteiger partial charge is 0.493 e. The van der Waals surface area contributed by atoms with E-state index in [9.17, 15) is 10.1 Å². The Balaban J connectivity index is 1.83. The fourth-order valence-corrected chi connectivity index (χ4v) is 3.85. The van der Waals surface area contributed by atoms with E-state index in [4.69, 9.17) is 9.47 Å². The lowest BCUT2D eigenvalue weighted by Gasteiger charge is -2.24. The number of hydrogen-bond acceptors (Lipinski definition) is 5. The summed E-state index contributed by atoms with van der Waals surface area (Å²) < 4.78 is 11.0. The molecule has 6 heteroatoms. The van der Waals surface area contributed by atoms with Crippen LogP contribution in [-0.2, 0) is 11.2 Å². The van der Waals surface area contributed by atoms with Crippen molar-refractivity contribution in [2.75, 3.05) is 32.2 Å². The molecule has 160 valence electrons. The Morgan fingerprint density at radius 3 is 2.47 bits per heavy atom. The minimum atomic E-state index is -0.0964. The number of benzene rings is 3. The lowest BCUT2D eigenvalue weighted by molar-refractivity contribution is -0.117. The number of ether oxygens (including phenoxy) is 2. The summed E-state index contributed by atoms with van der Waals surface area (Å²) >= 11 is 0. The number of amides is 1. The summed E-state index contributed by atoms with van der Waals surface area (Å²) in [5.41, 5.74) is 4.57. The molecular weight excluding hydrogens is 402 g/mol. The van der Waals surface area contributed by atoms with Gasteiger partial charge in [0, 0.05) is 23.7 Å². The van der Waals surface area contributed by atoms with Crippen molar-refractivity contribution in [1.29, 1.82) is 5.26 Å². The van der Waals surface area contributed by atoms with Crippen molar-refractivity contribution in [1.82, 2.24) is 0 Å². The second-order valence-corrected chi connectivity index (χ2v) is 7.36. The summed E-state index contributed by atoms with van der Waals surface area (Å²) in [7, 11) is 3.15. The summed E-state index contributed by atoms with van der Waals surface area (Å²) in [6, 6.07) is 23.1. The summed E-state index contributed by atoms with van der Waals surface area (Å²) in [6.45, 7) is 0.520. The third-order valence-electron chi connectivity index (χ3n) is 5.45. The minimum Gasteiger partial charge on any atom is -0.493 e. The molecule has 0 N–H and O–H groups in total. The fraction of sp³-hybridized carbons (Fsp3) is 0.192. The van der Waals surface area contributed by atoms with Crippen LogP contribution in [0.15, 0.2) is 71.7 Å². The number of fused-ring (bicyclic) bond motifs is 1. The van der Waals surface area contributed by atoms with E-state index in [0.717, 1.165) is 16.7 Å². The number of methoxy groups -OCH3 is 2. The molecule has 1 amide bonds. The van der Waals surface area contributed by atoms with E-state index < -0.39 is 0 Å². The molecular formula is C26H23N3O3. The molecule has 1 heterocycles. The van der Waals surface area contributed by atoms with Crippen molar-refractivity contribution in [3.63, 3.8) is 0 Å². The van der Waals surface area contributed by atoms with Crippen LogP contribution >= 0.6 is 0 Å². The van der Waals surface area contributed by atoms with Gasteiger partial charge in [-0.05, 0) is 30.2 Å². The third-order valence-corrected chi connectivity index (χ3v) is 5.45. The Hall–Kier alpha value is -4.11. The number of nitrogens with zero attached hydrogens (tertiary/aromatic N) is 3. The Labute approximate surface area is 187 Å². The fourth-order valence-electron chi connectivity index (χ4n) is 3.85. The van der Waals surface area contributed by atoms with Gasteiger partial charge in [0.2, 0.25) is 5.91 Å². The molecule has 0 radical (unpaired) electrons. The van der Waals surface area contributed by atoms with Crippen LogP contribution in [0, 0.1) is 11.3 Å². The minimum absolute atomic E-state index is 0.0141. The first-order chi connectivity index (χ1) is 15.6. The topological polar surface area (TPSA) is 74.9 Å². The molecule has 3 aromatic rings. The van der Waals surface area contributed by atoms with E-state index >= 15 is 0 Å². The van der Waals surface area contributed by atoms with Crippen LogP contribution in [0.25, 0.3) is 0 Å².